The number of halogens is 2. The van der Waals surface area contributed by atoms with Crippen molar-refractivity contribution in [1.82, 2.24) is 0 Å². The zero-order chi connectivity index (χ0) is 13.0. The van der Waals surface area contributed by atoms with Crippen molar-refractivity contribution in [3.8, 4) is 6.07 Å². The minimum Gasteiger partial charge on any atom is -0.381 e. The number of anilines is 1. The SMILES string of the molecule is N#CC1CCCCCC1Nc1ccc(Cl)c(Br)c1. The molecule has 1 aliphatic rings. The van der Waals surface area contributed by atoms with Gasteiger partial charge in [-0.05, 0) is 47.0 Å². The molecule has 1 aromatic carbocycles. The molecule has 1 saturated carbocycles. The Morgan fingerprint density at radius 2 is 2.06 bits per heavy atom. The molecule has 0 heterocycles. The molecule has 1 aromatic rings. The highest BCUT2D eigenvalue weighted by Crippen LogP contribution is 2.29. The summed E-state index contributed by atoms with van der Waals surface area (Å²) in [6.07, 6.45) is 5.67. The molecule has 0 bridgehead atoms. The molecular weight excluding hydrogens is 312 g/mol. The van der Waals surface area contributed by atoms with Gasteiger partial charge in [0.15, 0.2) is 0 Å². The molecule has 0 aromatic heterocycles. The van der Waals surface area contributed by atoms with E-state index >= 15 is 0 Å². The molecule has 4 heteroatoms. The van der Waals surface area contributed by atoms with Crippen molar-refractivity contribution in [3.05, 3.63) is 27.7 Å². The Morgan fingerprint density at radius 3 is 2.78 bits per heavy atom. The maximum Gasteiger partial charge on any atom is 0.0677 e. The highest BCUT2D eigenvalue weighted by molar-refractivity contribution is 9.10. The summed E-state index contributed by atoms with van der Waals surface area (Å²) in [6.45, 7) is 0. The predicted molar refractivity (Wildman–Crippen MR) is 78.8 cm³/mol. The lowest BCUT2D eigenvalue weighted by Gasteiger charge is -2.22. The fraction of sp³-hybridized carbons (Fsp3) is 0.500. The minimum absolute atomic E-state index is 0.113. The van der Waals surface area contributed by atoms with Gasteiger partial charge in [-0.3, -0.25) is 0 Å². The van der Waals surface area contributed by atoms with Crippen LogP contribution in [0.25, 0.3) is 0 Å². The van der Waals surface area contributed by atoms with Gasteiger partial charge in [-0.25, -0.2) is 0 Å². The quantitative estimate of drug-likeness (QED) is 0.777. The van der Waals surface area contributed by atoms with Gasteiger partial charge < -0.3 is 5.32 Å². The van der Waals surface area contributed by atoms with Crippen LogP contribution in [0.5, 0.6) is 0 Å². The molecule has 0 radical (unpaired) electrons. The summed E-state index contributed by atoms with van der Waals surface area (Å²) in [4.78, 5) is 0. The average molecular weight is 328 g/mol. The van der Waals surface area contributed by atoms with Crippen LogP contribution in [0.2, 0.25) is 5.02 Å². The molecule has 96 valence electrons. The number of hydrogen-bond donors (Lipinski definition) is 1. The number of nitrogens with zero attached hydrogens (tertiary/aromatic N) is 1. The normalized spacial score (nSPS) is 24.1. The van der Waals surface area contributed by atoms with E-state index in [0.29, 0.717) is 5.02 Å². The van der Waals surface area contributed by atoms with Crippen LogP contribution >= 0.6 is 27.5 Å². The number of nitrogens with one attached hydrogen (secondary N) is 1. The van der Waals surface area contributed by atoms with Gasteiger partial charge in [-0.15, -0.1) is 0 Å². The summed E-state index contributed by atoms with van der Waals surface area (Å²) < 4.78 is 0.885. The van der Waals surface area contributed by atoms with Crippen molar-refractivity contribution < 1.29 is 0 Å². The third kappa shape index (κ3) is 3.40. The molecule has 2 atom stereocenters. The molecular formula is C14H16BrClN2. The highest BCUT2D eigenvalue weighted by atomic mass is 79.9. The van der Waals surface area contributed by atoms with Crippen molar-refractivity contribution in [3.63, 3.8) is 0 Å². The van der Waals surface area contributed by atoms with E-state index in [0.717, 1.165) is 23.0 Å². The Hall–Kier alpha value is -0.720. The summed E-state index contributed by atoms with van der Waals surface area (Å²) >= 11 is 9.40. The number of nitriles is 1. The van der Waals surface area contributed by atoms with Gasteiger partial charge in [0, 0.05) is 16.2 Å². The van der Waals surface area contributed by atoms with E-state index in [9.17, 15) is 5.26 Å². The van der Waals surface area contributed by atoms with Gasteiger partial charge in [0.2, 0.25) is 0 Å². The average Bonchev–Trinajstić information content (AvgIpc) is 2.59. The van der Waals surface area contributed by atoms with Crippen LogP contribution in [0.1, 0.15) is 32.1 Å². The zero-order valence-electron chi connectivity index (χ0n) is 10.1. The second-order valence-corrected chi connectivity index (χ2v) is 6.01. The molecule has 2 rings (SSSR count). The molecule has 2 nitrogen and oxygen atoms in total. The Morgan fingerprint density at radius 1 is 1.28 bits per heavy atom. The lowest BCUT2D eigenvalue weighted by atomic mass is 9.96. The van der Waals surface area contributed by atoms with E-state index < -0.39 is 0 Å². The van der Waals surface area contributed by atoms with Crippen LogP contribution < -0.4 is 5.32 Å². The van der Waals surface area contributed by atoms with Gasteiger partial charge >= 0.3 is 0 Å². The standard InChI is InChI=1S/C14H16BrClN2/c15-12-8-11(6-7-13(12)16)18-14-5-3-1-2-4-10(14)9-17/h6-8,10,14,18H,1-5H2. The van der Waals surface area contributed by atoms with Gasteiger partial charge in [0.1, 0.15) is 0 Å². The van der Waals surface area contributed by atoms with Crippen molar-refractivity contribution >= 4 is 33.2 Å². The van der Waals surface area contributed by atoms with E-state index in [-0.39, 0.29) is 12.0 Å². The predicted octanol–water partition coefficient (Wildman–Crippen LogP) is 4.99. The smallest absolute Gasteiger partial charge is 0.0677 e. The molecule has 0 spiro atoms. The molecule has 2 unspecified atom stereocenters. The first kappa shape index (κ1) is 13.7. The Kier molecular flexibility index (Phi) is 4.91. The number of benzene rings is 1. The second kappa shape index (κ2) is 6.45. The first-order chi connectivity index (χ1) is 8.70. The third-order valence-corrected chi connectivity index (χ3v) is 4.67. The van der Waals surface area contributed by atoms with Crippen LogP contribution in [0.3, 0.4) is 0 Å². The lowest BCUT2D eigenvalue weighted by molar-refractivity contribution is 0.514. The molecule has 0 aliphatic heterocycles. The molecule has 1 aliphatic carbocycles. The van der Waals surface area contributed by atoms with E-state index in [1.807, 2.05) is 18.2 Å². The summed E-state index contributed by atoms with van der Waals surface area (Å²) in [5.41, 5.74) is 1.03. The molecule has 0 amide bonds. The zero-order valence-corrected chi connectivity index (χ0v) is 12.5. The first-order valence-corrected chi connectivity index (χ1v) is 7.49. The van der Waals surface area contributed by atoms with Crippen LogP contribution in [0.15, 0.2) is 22.7 Å². The minimum atomic E-state index is 0.113. The monoisotopic (exact) mass is 326 g/mol. The Balaban J connectivity index is 2.10. The lowest BCUT2D eigenvalue weighted by Crippen LogP contribution is -2.27. The maximum atomic E-state index is 9.24. The van der Waals surface area contributed by atoms with Crippen molar-refractivity contribution in [2.75, 3.05) is 5.32 Å². The fourth-order valence-corrected chi connectivity index (χ4v) is 2.93. The van der Waals surface area contributed by atoms with Crippen molar-refractivity contribution in [2.24, 2.45) is 5.92 Å². The second-order valence-electron chi connectivity index (χ2n) is 4.75. The van der Waals surface area contributed by atoms with Gasteiger partial charge in [-0.2, -0.15) is 5.26 Å². The summed E-state index contributed by atoms with van der Waals surface area (Å²) in [6, 6.07) is 8.50. The number of rotatable bonds is 2. The van der Waals surface area contributed by atoms with E-state index in [1.165, 1.54) is 19.3 Å². The topological polar surface area (TPSA) is 35.8 Å². The Labute approximate surface area is 121 Å². The van der Waals surface area contributed by atoms with Crippen LogP contribution in [-0.2, 0) is 0 Å². The van der Waals surface area contributed by atoms with Gasteiger partial charge in [-0.1, -0.05) is 30.9 Å². The van der Waals surface area contributed by atoms with Crippen LogP contribution in [-0.4, -0.2) is 6.04 Å². The van der Waals surface area contributed by atoms with Crippen molar-refractivity contribution in [1.29, 1.82) is 5.26 Å². The molecule has 1 fully saturated rings. The summed E-state index contributed by atoms with van der Waals surface area (Å²) in [5.74, 6) is 0.113. The first-order valence-electron chi connectivity index (χ1n) is 6.32. The van der Waals surface area contributed by atoms with Gasteiger partial charge in [0.05, 0.1) is 17.0 Å². The number of hydrogen-bond acceptors (Lipinski definition) is 2. The van der Waals surface area contributed by atoms with E-state index in [4.69, 9.17) is 11.6 Å². The van der Waals surface area contributed by atoms with Crippen LogP contribution in [0, 0.1) is 17.2 Å². The third-order valence-electron chi connectivity index (χ3n) is 3.45. The van der Waals surface area contributed by atoms with Crippen molar-refractivity contribution in [2.45, 2.75) is 38.1 Å². The van der Waals surface area contributed by atoms with Gasteiger partial charge in [0.25, 0.3) is 0 Å². The van der Waals surface area contributed by atoms with E-state index in [1.54, 1.807) is 0 Å². The molecule has 0 saturated heterocycles. The molecule has 18 heavy (non-hydrogen) atoms. The largest absolute Gasteiger partial charge is 0.381 e. The maximum absolute atomic E-state index is 9.24. The van der Waals surface area contributed by atoms with E-state index in [2.05, 4.69) is 27.3 Å². The summed E-state index contributed by atoms with van der Waals surface area (Å²) in [5, 5.41) is 13.4. The van der Waals surface area contributed by atoms with Crippen LogP contribution in [0.4, 0.5) is 5.69 Å². The summed E-state index contributed by atoms with van der Waals surface area (Å²) in [7, 11) is 0. The molecule has 1 N–H and O–H groups in total. The Bertz CT molecular complexity index is 456. The fourth-order valence-electron chi connectivity index (χ4n) is 2.43. The highest BCUT2D eigenvalue weighted by Gasteiger charge is 2.23.